The van der Waals surface area contributed by atoms with Gasteiger partial charge >= 0.3 is 18.9 Å². The zero-order chi connectivity index (χ0) is 11.1. The number of benzene rings is 1. The quantitative estimate of drug-likeness (QED) is 0.412. The largest absolute Gasteiger partial charge is 1.00 e. The van der Waals surface area contributed by atoms with E-state index in [1.165, 1.54) is 6.07 Å². The van der Waals surface area contributed by atoms with Gasteiger partial charge in [-0.1, -0.05) is 29.8 Å². The van der Waals surface area contributed by atoms with E-state index in [9.17, 15) is 8.42 Å². The Balaban J connectivity index is 0.00000128. The summed E-state index contributed by atoms with van der Waals surface area (Å²) in [6.45, 7) is 0. The molecule has 4 nitrogen and oxygen atoms in total. The predicted octanol–water partition coefficient (Wildman–Crippen LogP) is -0.749. The molecular formula is C9H7ClLiNO3S. The molecule has 0 spiro atoms. The molecular weight excluding hydrogens is 245 g/mol. The van der Waals surface area contributed by atoms with E-state index in [-0.39, 0.29) is 30.3 Å². The molecule has 0 unspecified atom stereocenters. The van der Waals surface area contributed by atoms with E-state index >= 15 is 0 Å². The summed E-state index contributed by atoms with van der Waals surface area (Å²) < 4.78 is 30.7. The van der Waals surface area contributed by atoms with Crippen LogP contribution in [0.3, 0.4) is 0 Å². The van der Waals surface area contributed by atoms with Crippen LogP contribution in [0.25, 0.3) is 10.9 Å². The van der Waals surface area contributed by atoms with Gasteiger partial charge in [0.05, 0.1) is 5.52 Å². The third-order valence-corrected chi connectivity index (χ3v) is 3.19. The van der Waals surface area contributed by atoms with Crippen molar-refractivity contribution >= 4 is 32.6 Å². The van der Waals surface area contributed by atoms with Crippen LogP contribution in [-0.2, 0) is 10.1 Å². The van der Waals surface area contributed by atoms with Crippen LogP contribution in [0.2, 0.25) is 5.15 Å². The minimum atomic E-state index is -4.32. The molecule has 0 aliphatic rings. The van der Waals surface area contributed by atoms with Gasteiger partial charge in [-0.2, -0.15) is 8.42 Å². The van der Waals surface area contributed by atoms with Crippen LogP contribution in [0.1, 0.15) is 1.43 Å². The van der Waals surface area contributed by atoms with Gasteiger partial charge in [0.1, 0.15) is 4.90 Å². The van der Waals surface area contributed by atoms with Gasteiger partial charge in [0.25, 0.3) is 10.1 Å². The smallest absolute Gasteiger partial charge is 1.00 e. The molecule has 0 aliphatic carbocycles. The van der Waals surface area contributed by atoms with Crippen molar-refractivity contribution in [3.05, 3.63) is 35.5 Å². The first kappa shape index (κ1) is 13.5. The third-order valence-electron chi connectivity index (χ3n) is 1.92. The summed E-state index contributed by atoms with van der Waals surface area (Å²) in [5, 5.41) is 0.380. The zero-order valence-electron chi connectivity index (χ0n) is 9.38. The Kier molecular flexibility index (Phi) is 4.00. The number of rotatable bonds is 1. The fourth-order valence-electron chi connectivity index (χ4n) is 1.25. The molecule has 0 radical (unpaired) electrons. The van der Waals surface area contributed by atoms with Gasteiger partial charge in [-0.3, -0.25) is 4.55 Å². The van der Waals surface area contributed by atoms with Crippen molar-refractivity contribution in [2.24, 2.45) is 0 Å². The molecule has 80 valence electrons. The minimum absolute atomic E-state index is 0. The topological polar surface area (TPSA) is 67.3 Å². The van der Waals surface area contributed by atoms with Gasteiger partial charge in [-0.15, -0.1) is 0 Å². The molecule has 0 fully saturated rings. The first-order valence-electron chi connectivity index (χ1n) is 4.01. The van der Waals surface area contributed by atoms with E-state index < -0.39 is 10.1 Å². The Morgan fingerprint density at radius 3 is 2.56 bits per heavy atom. The van der Waals surface area contributed by atoms with Gasteiger partial charge in [0.2, 0.25) is 0 Å². The van der Waals surface area contributed by atoms with Crippen LogP contribution in [0, 0.1) is 0 Å². The molecule has 0 saturated heterocycles. The Labute approximate surface area is 111 Å². The first-order chi connectivity index (χ1) is 6.98. The summed E-state index contributed by atoms with van der Waals surface area (Å²) in [5.41, 5.74) is 0.579. The Hall–Kier alpha value is -0.573. The van der Waals surface area contributed by atoms with E-state index in [0.29, 0.717) is 10.9 Å². The number of fused-ring (bicyclic) bond motifs is 1. The Morgan fingerprint density at radius 2 is 1.94 bits per heavy atom. The summed E-state index contributed by atoms with van der Waals surface area (Å²) in [4.78, 5) is 3.50. The molecule has 7 heteroatoms. The summed E-state index contributed by atoms with van der Waals surface area (Å²) in [7, 11) is -4.32. The van der Waals surface area contributed by atoms with Gasteiger partial charge in [-0.25, -0.2) is 4.98 Å². The van der Waals surface area contributed by atoms with Crippen LogP contribution >= 0.6 is 11.6 Å². The van der Waals surface area contributed by atoms with Crippen LogP contribution < -0.4 is 18.9 Å². The number of hydrogen-bond acceptors (Lipinski definition) is 3. The Morgan fingerprint density at radius 1 is 1.31 bits per heavy atom. The maximum atomic E-state index is 10.9. The summed E-state index contributed by atoms with van der Waals surface area (Å²) in [6, 6.07) is 8.19. The molecule has 0 aliphatic heterocycles. The first-order valence-corrected chi connectivity index (χ1v) is 5.83. The maximum Gasteiger partial charge on any atom is 1.00 e. The van der Waals surface area contributed by atoms with Crippen molar-refractivity contribution in [1.82, 2.24) is 4.98 Å². The van der Waals surface area contributed by atoms with Crippen LogP contribution in [0.5, 0.6) is 0 Å². The molecule has 2 aromatic rings. The summed E-state index contributed by atoms with van der Waals surface area (Å²) in [5.74, 6) is 0. The number of halogens is 1. The van der Waals surface area contributed by atoms with E-state index in [0.717, 1.165) is 0 Å². The zero-order valence-corrected chi connectivity index (χ0v) is 9.96. The number of para-hydroxylation sites is 1. The standard InChI is InChI=1S/C9H6ClNO3S.Li.H/c10-9-8(15(12,13)14)5-6-3-1-2-4-7(6)11-9;;/h1-5H,(H,12,13,14);;/q;+1;-1. The molecule has 1 heterocycles. The molecule has 0 bridgehead atoms. The fourth-order valence-corrected chi connectivity index (χ4v) is 2.23. The van der Waals surface area contributed by atoms with E-state index in [1.54, 1.807) is 24.3 Å². The van der Waals surface area contributed by atoms with Crippen molar-refractivity contribution in [2.75, 3.05) is 0 Å². The van der Waals surface area contributed by atoms with Crippen molar-refractivity contribution in [1.29, 1.82) is 0 Å². The average molecular weight is 252 g/mol. The third kappa shape index (κ3) is 2.57. The van der Waals surface area contributed by atoms with E-state index in [1.807, 2.05) is 0 Å². The SMILES string of the molecule is O=S(=O)(O)c1cc2ccccc2nc1Cl.[H-].[Li+]. The second-order valence-electron chi connectivity index (χ2n) is 2.95. The van der Waals surface area contributed by atoms with Crippen LogP contribution in [0.15, 0.2) is 35.2 Å². The van der Waals surface area contributed by atoms with Crippen LogP contribution in [-0.4, -0.2) is 18.0 Å². The molecule has 16 heavy (non-hydrogen) atoms. The molecule has 1 N–H and O–H groups in total. The monoisotopic (exact) mass is 251 g/mol. The average Bonchev–Trinajstić information content (AvgIpc) is 2.15. The van der Waals surface area contributed by atoms with Gasteiger partial charge < -0.3 is 1.43 Å². The van der Waals surface area contributed by atoms with Crippen molar-refractivity contribution < 1.29 is 33.3 Å². The maximum absolute atomic E-state index is 10.9. The van der Waals surface area contributed by atoms with Crippen molar-refractivity contribution in [2.45, 2.75) is 4.90 Å². The summed E-state index contributed by atoms with van der Waals surface area (Å²) >= 11 is 5.64. The number of hydrogen-bond donors (Lipinski definition) is 1. The molecule has 0 amide bonds. The van der Waals surface area contributed by atoms with Gasteiger partial charge in [0, 0.05) is 5.39 Å². The van der Waals surface area contributed by atoms with E-state index in [2.05, 4.69) is 4.98 Å². The second kappa shape index (κ2) is 4.74. The predicted molar refractivity (Wildman–Crippen MR) is 57.7 cm³/mol. The molecule has 1 aromatic carbocycles. The van der Waals surface area contributed by atoms with Crippen LogP contribution in [0.4, 0.5) is 0 Å². The molecule has 2 rings (SSSR count). The minimum Gasteiger partial charge on any atom is -1.00 e. The number of pyridine rings is 1. The Bertz CT molecular complexity index is 635. The second-order valence-corrected chi connectivity index (χ2v) is 4.69. The molecule has 0 atom stereocenters. The van der Waals surface area contributed by atoms with Gasteiger partial charge in [-0.05, 0) is 12.1 Å². The van der Waals surface area contributed by atoms with Gasteiger partial charge in [0.15, 0.2) is 5.15 Å². The van der Waals surface area contributed by atoms with E-state index in [4.69, 9.17) is 16.2 Å². The molecule has 1 aromatic heterocycles. The normalized spacial score (nSPS) is 11.1. The number of aromatic nitrogens is 1. The molecule has 0 saturated carbocycles. The number of nitrogens with zero attached hydrogens (tertiary/aromatic N) is 1. The van der Waals surface area contributed by atoms with Crippen molar-refractivity contribution in [3.63, 3.8) is 0 Å². The summed E-state index contributed by atoms with van der Waals surface area (Å²) in [6.07, 6.45) is 0. The van der Waals surface area contributed by atoms with Crippen molar-refractivity contribution in [3.8, 4) is 0 Å². The fraction of sp³-hybridized carbons (Fsp3) is 0.